The van der Waals surface area contributed by atoms with E-state index in [-0.39, 0.29) is 0 Å². The summed E-state index contributed by atoms with van der Waals surface area (Å²) in [5, 5.41) is 17.8. The lowest BCUT2D eigenvalue weighted by Crippen LogP contribution is -2.49. The lowest BCUT2D eigenvalue weighted by Gasteiger charge is -2.18. The van der Waals surface area contributed by atoms with Crippen molar-refractivity contribution in [3.05, 3.63) is 0 Å². The van der Waals surface area contributed by atoms with Gasteiger partial charge in [0.2, 0.25) is 0 Å². The minimum atomic E-state index is -2.89. The Hall–Kier alpha value is -1.63. The van der Waals surface area contributed by atoms with E-state index in [1.54, 1.807) is 0 Å². The van der Waals surface area contributed by atoms with Crippen molar-refractivity contribution in [3.8, 4) is 0 Å². The third-order valence-corrected chi connectivity index (χ3v) is 1.50. The lowest BCUT2D eigenvalue weighted by atomic mass is 10.0. The smallest absolute Gasteiger partial charge is 0.350 e. The number of aliphatic carboxylic acids is 1. The monoisotopic (exact) mass is 206 g/mol. The fourth-order valence-corrected chi connectivity index (χ4v) is 0.685. The van der Waals surface area contributed by atoms with Gasteiger partial charge in [-0.1, -0.05) is 0 Å². The summed E-state index contributed by atoms with van der Waals surface area (Å²) >= 11 is 0. The predicted octanol–water partition coefficient (Wildman–Crippen LogP) is -1.46. The molecule has 14 heavy (non-hydrogen) atoms. The first kappa shape index (κ1) is 12.4. The van der Waals surface area contributed by atoms with Crippen LogP contribution in [0.25, 0.3) is 0 Å². The quantitative estimate of drug-likeness (QED) is 0.427. The number of ether oxygens (including phenoxy) is 2. The number of hydrogen-bond donors (Lipinski definition) is 2. The lowest BCUT2D eigenvalue weighted by molar-refractivity contribution is -0.183. The molecule has 0 radical (unpaired) electrons. The van der Waals surface area contributed by atoms with E-state index in [9.17, 15) is 19.5 Å². The first-order chi connectivity index (χ1) is 6.38. The molecular weight excluding hydrogens is 196 g/mol. The van der Waals surface area contributed by atoms with Crippen molar-refractivity contribution in [1.82, 2.24) is 0 Å². The summed E-state index contributed by atoms with van der Waals surface area (Å²) in [6.07, 6.45) is -0.995. The fraction of sp³-hybridized carbons (Fsp3) is 0.571. The Morgan fingerprint density at radius 1 is 1.21 bits per heavy atom. The molecule has 1 atom stereocenters. The highest BCUT2D eigenvalue weighted by Gasteiger charge is 2.48. The molecule has 0 amide bonds. The average Bonchev–Trinajstić information content (AvgIpc) is 2.15. The zero-order chi connectivity index (χ0) is 11.4. The van der Waals surface area contributed by atoms with Crippen LogP contribution in [0.5, 0.6) is 0 Å². The topological polar surface area (TPSA) is 110 Å². The molecule has 0 aromatic carbocycles. The minimum Gasteiger partial charge on any atom is -0.479 e. The molecule has 0 saturated heterocycles. The number of carboxylic acids is 1. The second kappa shape index (κ2) is 4.56. The van der Waals surface area contributed by atoms with E-state index < -0.39 is 29.9 Å². The summed E-state index contributed by atoms with van der Waals surface area (Å²) in [7, 11) is 1.90. The van der Waals surface area contributed by atoms with Crippen molar-refractivity contribution in [2.24, 2.45) is 0 Å². The third-order valence-electron chi connectivity index (χ3n) is 1.50. The molecule has 0 rings (SSSR count). The van der Waals surface area contributed by atoms with Gasteiger partial charge in [0, 0.05) is 0 Å². The maximum atomic E-state index is 10.9. The van der Waals surface area contributed by atoms with E-state index in [1.165, 1.54) is 0 Å². The summed E-state index contributed by atoms with van der Waals surface area (Å²) in [4.78, 5) is 32.1. The molecule has 0 aliphatic heterocycles. The van der Waals surface area contributed by atoms with Gasteiger partial charge in [-0.2, -0.15) is 0 Å². The van der Waals surface area contributed by atoms with Gasteiger partial charge in [-0.05, 0) is 0 Å². The molecule has 0 fully saturated rings. The minimum absolute atomic E-state index is 0.896. The molecule has 80 valence electrons. The van der Waals surface area contributed by atoms with Crippen LogP contribution in [0.1, 0.15) is 6.42 Å². The maximum Gasteiger partial charge on any atom is 0.350 e. The van der Waals surface area contributed by atoms with Gasteiger partial charge in [0.1, 0.15) is 0 Å². The molecule has 2 N–H and O–H groups in total. The van der Waals surface area contributed by atoms with Crippen LogP contribution in [-0.2, 0) is 23.9 Å². The Morgan fingerprint density at radius 3 is 2.00 bits per heavy atom. The SMILES string of the molecule is COC(=O)C[C@](O)(C(=O)O)C(=O)OC. The highest BCUT2D eigenvalue weighted by Crippen LogP contribution is 2.13. The highest BCUT2D eigenvalue weighted by molar-refractivity contribution is 6.05. The van der Waals surface area contributed by atoms with Gasteiger partial charge in [-0.15, -0.1) is 0 Å². The van der Waals surface area contributed by atoms with Crippen molar-refractivity contribution in [1.29, 1.82) is 0 Å². The van der Waals surface area contributed by atoms with E-state index in [2.05, 4.69) is 9.47 Å². The second-order valence-corrected chi connectivity index (χ2v) is 2.41. The number of esters is 2. The van der Waals surface area contributed by atoms with Crippen LogP contribution in [0.4, 0.5) is 0 Å². The largest absolute Gasteiger partial charge is 0.479 e. The molecule has 7 heteroatoms. The van der Waals surface area contributed by atoms with E-state index in [0.29, 0.717) is 0 Å². The molecule has 0 aliphatic rings. The van der Waals surface area contributed by atoms with Crippen molar-refractivity contribution in [2.75, 3.05) is 14.2 Å². The van der Waals surface area contributed by atoms with Crippen LogP contribution >= 0.6 is 0 Å². The standard InChI is InChI=1S/C7H10O7/c1-13-4(8)3-7(12,5(9)10)6(11)14-2/h12H,3H2,1-2H3,(H,9,10)/t7-/m0/s1. The Kier molecular flexibility index (Phi) is 4.03. The van der Waals surface area contributed by atoms with Crippen LogP contribution in [0.15, 0.2) is 0 Å². The summed E-state index contributed by atoms with van der Waals surface area (Å²) in [6.45, 7) is 0. The number of rotatable bonds is 4. The molecule has 0 aromatic rings. The zero-order valence-corrected chi connectivity index (χ0v) is 7.64. The first-order valence-electron chi connectivity index (χ1n) is 3.49. The van der Waals surface area contributed by atoms with Gasteiger partial charge in [0.25, 0.3) is 5.60 Å². The normalized spacial score (nSPS) is 13.9. The summed E-state index contributed by atoms with van der Waals surface area (Å²) in [6, 6.07) is 0. The molecule has 0 spiro atoms. The molecule has 0 saturated carbocycles. The van der Waals surface area contributed by atoms with E-state index in [0.717, 1.165) is 14.2 Å². The van der Waals surface area contributed by atoms with E-state index in [1.807, 2.05) is 0 Å². The summed E-state index contributed by atoms with van der Waals surface area (Å²) in [5.41, 5.74) is -2.89. The van der Waals surface area contributed by atoms with Gasteiger partial charge >= 0.3 is 17.9 Å². The summed E-state index contributed by atoms with van der Waals surface area (Å²) < 4.78 is 8.17. The van der Waals surface area contributed by atoms with Gasteiger partial charge in [-0.25, -0.2) is 9.59 Å². The predicted molar refractivity (Wildman–Crippen MR) is 41.2 cm³/mol. The van der Waals surface area contributed by atoms with Crippen LogP contribution in [0.3, 0.4) is 0 Å². The Labute approximate surface area is 79.2 Å². The molecular formula is C7H10O7. The van der Waals surface area contributed by atoms with Crippen molar-refractivity contribution in [2.45, 2.75) is 12.0 Å². The number of carboxylic acid groups (broad SMARTS) is 1. The van der Waals surface area contributed by atoms with Gasteiger partial charge < -0.3 is 19.7 Å². The van der Waals surface area contributed by atoms with Crippen LogP contribution in [0, 0.1) is 0 Å². The molecule has 0 heterocycles. The number of methoxy groups -OCH3 is 2. The molecule has 7 nitrogen and oxygen atoms in total. The van der Waals surface area contributed by atoms with E-state index in [4.69, 9.17) is 5.11 Å². The number of aliphatic hydroxyl groups is 1. The van der Waals surface area contributed by atoms with Gasteiger partial charge in [-0.3, -0.25) is 4.79 Å². The number of carbonyl (C=O) groups is 3. The number of carbonyl (C=O) groups excluding carboxylic acids is 2. The molecule has 0 unspecified atom stereocenters. The molecule has 0 bridgehead atoms. The fourth-order valence-electron chi connectivity index (χ4n) is 0.685. The van der Waals surface area contributed by atoms with Gasteiger partial charge in [0.15, 0.2) is 0 Å². The molecule has 0 aromatic heterocycles. The van der Waals surface area contributed by atoms with Gasteiger partial charge in [0.05, 0.1) is 20.6 Å². The molecule has 0 aliphatic carbocycles. The maximum absolute atomic E-state index is 10.9. The Balaban J connectivity index is 4.82. The Bertz CT molecular complexity index is 259. The highest BCUT2D eigenvalue weighted by atomic mass is 16.6. The summed E-state index contributed by atoms with van der Waals surface area (Å²) in [5.74, 6) is -4.31. The average molecular weight is 206 g/mol. The van der Waals surface area contributed by atoms with Crippen LogP contribution in [0.2, 0.25) is 0 Å². The van der Waals surface area contributed by atoms with Crippen molar-refractivity contribution < 1.29 is 34.1 Å². The van der Waals surface area contributed by atoms with Crippen LogP contribution in [-0.4, -0.2) is 47.9 Å². The zero-order valence-electron chi connectivity index (χ0n) is 7.64. The third kappa shape index (κ3) is 2.43. The van der Waals surface area contributed by atoms with Crippen LogP contribution < -0.4 is 0 Å². The first-order valence-corrected chi connectivity index (χ1v) is 3.49. The Morgan fingerprint density at radius 2 is 1.71 bits per heavy atom. The number of hydrogen-bond acceptors (Lipinski definition) is 6. The second-order valence-electron chi connectivity index (χ2n) is 2.41. The van der Waals surface area contributed by atoms with E-state index >= 15 is 0 Å². The van der Waals surface area contributed by atoms with Crippen molar-refractivity contribution in [3.63, 3.8) is 0 Å². The van der Waals surface area contributed by atoms with Crippen molar-refractivity contribution >= 4 is 17.9 Å².